The van der Waals surface area contributed by atoms with Crippen LogP contribution in [0, 0.1) is 11.3 Å². The lowest BCUT2D eigenvalue weighted by Crippen LogP contribution is -2.21. The smallest absolute Gasteiger partial charge is 0.144 e. The third-order valence-corrected chi connectivity index (χ3v) is 2.94. The van der Waals surface area contributed by atoms with Crippen molar-refractivity contribution in [2.24, 2.45) is 0 Å². The minimum absolute atomic E-state index is 0.573. The van der Waals surface area contributed by atoms with Gasteiger partial charge in [0.15, 0.2) is 0 Å². The summed E-state index contributed by atoms with van der Waals surface area (Å²) in [7, 11) is 4.03. The number of nitriles is 1. The fraction of sp³-hybridized carbons (Fsp3) is 0.250. The molecule has 0 radical (unpaired) electrons. The van der Waals surface area contributed by atoms with E-state index in [9.17, 15) is 0 Å². The summed E-state index contributed by atoms with van der Waals surface area (Å²) in [4.78, 5) is 6.64. The van der Waals surface area contributed by atoms with Crippen molar-refractivity contribution >= 4 is 5.82 Å². The summed E-state index contributed by atoms with van der Waals surface area (Å²) in [5.74, 6) is 0.649. The lowest BCUT2D eigenvalue weighted by Gasteiger charge is -2.12. The number of rotatable bonds is 5. The summed E-state index contributed by atoms with van der Waals surface area (Å²) in [5, 5.41) is 12.4. The van der Waals surface area contributed by atoms with E-state index in [0.717, 1.165) is 24.3 Å². The van der Waals surface area contributed by atoms with Crippen LogP contribution in [0.2, 0.25) is 0 Å². The van der Waals surface area contributed by atoms with E-state index >= 15 is 0 Å². The molecule has 0 aliphatic carbocycles. The van der Waals surface area contributed by atoms with Crippen molar-refractivity contribution in [3.05, 3.63) is 48.0 Å². The van der Waals surface area contributed by atoms with Gasteiger partial charge < -0.3 is 10.2 Å². The quantitative estimate of drug-likeness (QED) is 0.903. The topological polar surface area (TPSA) is 52.0 Å². The monoisotopic (exact) mass is 266 g/mol. The Morgan fingerprint density at radius 2 is 1.90 bits per heavy atom. The fourth-order valence-corrected chi connectivity index (χ4v) is 1.85. The van der Waals surface area contributed by atoms with Crippen LogP contribution in [-0.2, 0) is 0 Å². The molecule has 1 aromatic heterocycles. The number of hydrogen-bond donors (Lipinski definition) is 1. The molecule has 0 unspecified atom stereocenters. The van der Waals surface area contributed by atoms with Gasteiger partial charge in [0.1, 0.15) is 11.9 Å². The highest BCUT2D eigenvalue weighted by Crippen LogP contribution is 2.21. The van der Waals surface area contributed by atoms with Crippen LogP contribution in [0.15, 0.2) is 42.5 Å². The van der Waals surface area contributed by atoms with Gasteiger partial charge in [-0.1, -0.05) is 30.3 Å². The second-order valence-corrected chi connectivity index (χ2v) is 4.80. The van der Waals surface area contributed by atoms with E-state index in [-0.39, 0.29) is 0 Å². The van der Waals surface area contributed by atoms with Crippen LogP contribution in [0.1, 0.15) is 5.56 Å². The van der Waals surface area contributed by atoms with Crippen molar-refractivity contribution in [1.82, 2.24) is 9.88 Å². The molecule has 1 aromatic carbocycles. The van der Waals surface area contributed by atoms with Crippen LogP contribution in [0.5, 0.6) is 0 Å². The summed E-state index contributed by atoms with van der Waals surface area (Å²) in [5.41, 5.74) is 2.49. The molecule has 0 saturated carbocycles. The van der Waals surface area contributed by atoms with E-state index in [0.29, 0.717) is 11.4 Å². The van der Waals surface area contributed by atoms with Gasteiger partial charge in [0.2, 0.25) is 0 Å². The first-order valence-corrected chi connectivity index (χ1v) is 6.56. The zero-order chi connectivity index (χ0) is 14.4. The molecule has 0 spiro atoms. The number of hydrogen-bond acceptors (Lipinski definition) is 4. The van der Waals surface area contributed by atoms with Crippen molar-refractivity contribution in [3.63, 3.8) is 0 Å². The van der Waals surface area contributed by atoms with Crippen molar-refractivity contribution < 1.29 is 0 Å². The normalized spacial score (nSPS) is 10.3. The van der Waals surface area contributed by atoms with Gasteiger partial charge in [-0.25, -0.2) is 4.98 Å². The summed E-state index contributed by atoms with van der Waals surface area (Å²) < 4.78 is 0. The lowest BCUT2D eigenvalue weighted by molar-refractivity contribution is 0.425. The molecule has 0 saturated heterocycles. The highest BCUT2D eigenvalue weighted by molar-refractivity contribution is 5.64. The third-order valence-electron chi connectivity index (χ3n) is 2.94. The molecule has 0 fully saturated rings. The van der Waals surface area contributed by atoms with Crippen LogP contribution in [0.3, 0.4) is 0 Å². The third kappa shape index (κ3) is 3.56. The van der Waals surface area contributed by atoms with Crippen LogP contribution in [0.25, 0.3) is 11.3 Å². The molecule has 0 aliphatic rings. The molecule has 20 heavy (non-hydrogen) atoms. The summed E-state index contributed by atoms with van der Waals surface area (Å²) in [6.45, 7) is 1.65. The van der Waals surface area contributed by atoms with E-state index in [1.54, 1.807) is 0 Å². The van der Waals surface area contributed by atoms with Gasteiger partial charge in [-0.15, -0.1) is 0 Å². The molecular weight excluding hydrogens is 248 g/mol. The molecule has 0 atom stereocenters. The molecule has 0 bridgehead atoms. The minimum atomic E-state index is 0.573. The van der Waals surface area contributed by atoms with Gasteiger partial charge >= 0.3 is 0 Å². The van der Waals surface area contributed by atoms with E-state index in [4.69, 9.17) is 5.26 Å². The zero-order valence-electron chi connectivity index (χ0n) is 11.8. The number of anilines is 1. The first kappa shape index (κ1) is 14.0. The number of nitrogens with one attached hydrogen (secondary N) is 1. The Hall–Kier alpha value is -2.38. The largest absolute Gasteiger partial charge is 0.368 e. The van der Waals surface area contributed by atoms with Gasteiger partial charge in [0, 0.05) is 18.7 Å². The molecule has 4 nitrogen and oxygen atoms in total. The standard InChI is InChI=1S/C16H18N4/c1-20(2)11-10-18-16-14(12-17)8-9-15(19-16)13-6-4-3-5-7-13/h3-9H,10-11H2,1-2H3,(H,18,19). The molecular formula is C16H18N4. The second-order valence-electron chi connectivity index (χ2n) is 4.80. The van der Waals surface area contributed by atoms with Crippen molar-refractivity contribution in [3.8, 4) is 17.3 Å². The molecule has 102 valence electrons. The zero-order valence-corrected chi connectivity index (χ0v) is 11.8. The molecule has 2 aromatic rings. The maximum Gasteiger partial charge on any atom is 0.144 e. The number of pyridine rings is 1. The average molecular weight is 266 g/mol. The first-order chi connectivity index (χ1) is 9.70. The number of benzene rings is 1. The molecule has 2 rings (SSSR count). The van der Waals surface area contributed by atoms with Crippen LogP contribution >= 0.6 is 0 Å². The Labute approximate surface area is 119 Å². The lowest BCUT2D eigenvalue weighted by atomic mass is 10.1. The Bertz CT molecular complexity index is 600. The molecule has 1 N–H and O–H groups in total. The highest BCUT2D eigenvalue weighted by atomic mass is 15.1. The average Bonchev–Trinajstić information content (AvgIpc) is 2.47. The Kier molecular flexibility index (Phi) is 4.70. The van der Waals surface area contributed by atoms with Gasteiger partial charge in [-0.05, 0) is 26.2 Å². The van der Waals surface area contributed by atoms with E-state index < -0.39 is 0 Å². The van der Waals surface area contributed by atoms with Crippen LogP contribution < -0.4 is 5.32 Å². The Balaban J connectivity index is 2.23. The van der Waals surface area contributed by atoms with Crippen molar-refractivity contribution in [1.29, 1.82) is 5.26 Å². The number of likely N-dealkylation sites (N-methyl/N-ethyl adjacent to an activating group) is 1. The van der Waals surface area contributed by atoms with Crippen molar-refractivity contribution in [2.75, 3.05) is 32.5 Å². The van der Waals surface area contributed by atoms with Crippen LogP contribution in [0.4, 0.5) is 5.82 Å². The van der Waals surface area contributed by atoms with Gasteiger partial charge in [0.25, 0.3) is 0 Å². The summed E-state index contributed by atoms with van der Waals surface area (Å²) in [6, 6.07) is 15.8. The van der Waals surface area contributed by atoms with Gasteiger partial charge in [-0.3, -0.25) is 0 Å². The van der Waals surface area contributed by atoms with Gasteiger partial charge in [-0.2, -0.15) is 5.26 Å². The Morgan fingerprint density at radius 3 is 2.55 bits per heavy atom. The minimum Gasteiger partial charge on any atom is -0.368 e. The second kappa shape index (κ2) is 6.69. The fourth-order valence-electron chi connectivity index (χ4n) is 1.85. The van der Waals surface area contributed by atoms with E-state index in [2.05, 4.69) is 21.3 Å². The Morgan fingerprint density at radius 1 is 1.15 bits per heavy atom. The van der Waals surface area contributed by atoms with Crippen molar-refractivity contribution in [2.45, 2.75) is 0 Å². The number of aromatic nitrogens is 1. The SMILES string of the molecule is CN(C)CCNc1nc(-c2ccccc2)ccc1C#N. The molecule has 1 heterocycles. The molecule has 0 amide bonds. The maximum absolute atomic E-state index is 9.15. The van der Waals surface area contributed by atoms with E-state index in [1.807, 2.05) is 56.6 Å². The van der Waals surface area contributed by atoms with Crippen LogP contribution in [-0.4, -0.2) is 37.1 Å². The first-order valence-electron chi connectivity index (χ1n) is 6.56. The molecule has 4 heteroatoms. The summed E-state index contributed by atoms with van der Waals surface area (Å²) in [6.07, 6.45) is 0. The maximum atomic E-state index is 9.15. The predicted molar refractivity (Wildman–Crippen MR) is 81.4 cm³/mol. The molecule has 0 aliphatic heterocycles. The van der Waals surface area contributed by atoms with E-state index in [1.165, 1.54) is 0 Å². The highest BCUT2D eigenvalue weighted by Gasteiger charge is 2.06. The predicted octanol–water partition coefficient (Wildman–Crippen LogP) is 2.59. The summed E-state index contributed by atoms with van der Waals surface area (Å²) >= 11 is 0. The van der Waals surface area contributed by atoms with Gasteiger partial charge in [0.05, 0.1) is 11.3 Å². The number of nitrogens with zero attached hydrogens (tertiary/aromatic N) is 3.